The lowest BCUT2D eigenvalue weighted by atomic mass is 10.1. The van der Waals surface area contributed by atoms with Crippen molar-refractivity contribution in [1.29, 1.82) is 0 Å². The summed E-state index contributed by atoms with van der Waals surface area (Å²) in [6, 6.07) is 13.7. The van der Waals surface area contributed by atoms with Gasteiger partial charge in [-0.3, -0.25) is 4.79 Å². The molecule has 0 aliphatic carbocycles. The van der Waals surface area contributed by atoms with Crippen LogP contribution in [0.1, 0.15) is 27.3 Å². The number of benzene rings is 2. The Hall–Kier alpha value is -2.62. The number of carbonyl (C=O) groups excluding carboxylic acids is 1. The van der Waals surface area contributed by atoms with Crippen molar-refractivity contribution in [3.05, 3.63) is 65.0 Å². The number of nitrogens with zero attached hydrogens (tertiary/aromatic N) is 1. The molecule has 0 aliphatic rings. The predicted molar refractivity (Wildman–Crippen MR) is 83.2 cm³/mol. The summed E-state index contributed by atoms with van der Waals surface area (Å²) in [7, 11) is 0. The highest BCUT2D eigenvalue weighted by Gasteiger charge is 2.12. The number of H-pyrrole nitrogens is 1. The summed E-state index contributed by atoms with van der Waals surface area (Å²) in [6.45, 7) is 4.44. The second kappa shape index (κ2) is 5.40. The molecule has 1 heterocycles. The van der Waals surface area contributed by atoms with E-state index in [0.29, 0.717) is 12.1 Å². The second-order valence-corrected chi connectivity index (χ2v) is 5.19. The first-order chi connectivity index (χ1) is 10.1. The Labute approximate surface area is 123 Å². The lowest BCUT2D eigenvalue weighted by Gasteiger charge is -2.06. The Bertz CT molecular complexity index is 787. The normalized spacial score (nSPS) is 10.8. The number of nitrogens with one attached hydrogen (secondary N) is 2. The van der Waals surface area contributed by atoms with Crippen molar-refractivity contribution in [3.63, 3.8) is 0 Å². The number of carbonyl (C=O) groups is 1. The molecule has 0 bridgehead atoms. The number of amides is 1. The number of fused-ring (bicyclic) bond motifs is 1. The van der Waals surface area contributed by atoms with Gasteiger partial charge in [0.1, 0.15) is 11.3 Å². The van der Waals surface area contributed by atoms with Gasteiger partial charge in [0.25, 0.3) is 5.91 Å². The van der Waals surface area contributed by atoms with Crippen LogP contribution < -0.4 is 5.32 Å². The van der Waals surface area contributed by atoms with Crippen LogP contribution in [0.25, 0.3) is 11.0 Å². The molecule has 4 heteroatoms. The number of aromatic nitrogens is 2. The molecule has 3 rings (SSSR count). The molecule has 0 atom stereocenters. The van der Waals surface area contributed by atoms with Gasteiger partial charge < -0.3 is 10.3 Å². The lowest BCUT2D eigenvalue weighted by molar-refractivity contribution is 0.0952. The Balaban J connectivity index is 1.79. The van der Waals surface area contributed by atoms with Crippen LogP contribution in [0.2, 0.25) is 0 Å². The van der Waals surface area contributed by atoms with E-state index in [1.807, 2.05) is 50.2 Å². The molecule has 3 aromatic rings. The summed E-state index contributed by atoms with van der Waals surface area (Å²) in [4.78, 5) is 19.9. The zero-order valence-electron chi connectivity index (χ0n) is 12.1. The van der Waals surface area contributed by atoms with Crippen molar-refractivity contribution >= 4 is 16.9 Å². The fourth-order valence-electron chi connectivity index (χ4n) is 2.32. The largest absolute Gasteiger partial charge is 0.348 e. The van der Waals surface area contributed by atoms with Crippen molar-refractivity contribution in [1.82, 2.24) is 15.3 Å². The lowest BCUT2D eigenvalue weighted by Crippen LogP contribution is -2.23. The van der Waals surface area contributed by atoms with Gasteiger partial charge >= 0.3 is 0 Å². The quantitative estimate of drug-likeness (QED) is 0.774. The minimum atomic E-state index is -0.104. The minimum absolute atomic E-state index is 0.104. The average molecular weight is 279 g/mol. The molecule has 0 unspecified atom stereocenters. The second-order valence-electron chi connectivity index (χ2n) is 5.19. The predicted octanol–water partition coefficient (Wildman–Crippen LogP) is 3.11. The SMILES string of the molecule is Cc1ccc(CNC(=O)c2cccc3[nH]c(C)nc23)cc1. The molecule has 2 N–H and O–H groups in total. The molecule has 4 nitrogen and oxygen atoms in total. The first-order valence-corrected chi connectivity index (χ1v) is 6.92. The van der Waals surface area contributed by atoms with Gasteiger partial charge in [0.05, 0.1) is 11.1 Å². The number of rotatable bonds is 3. The molecule has 0 saturated carbocycles. The smallest absolute Gasteiger partial charge is 0.253 e. The van der Waals surface area contributed by atoms with Crippen LogP contribution in [0.4, 0.5) is 0 Å². The summed E-state index contributed by atoms with van der Waals surface area (Å²) in [6.07, 6.45) is 0. The summed E-state index contributed by atoms with van der Waals surface area (Å²) < 4.78 is 0. The van der Waals surface area contributed by atoms with E-state index in [2.05, 4.69) is 15.3 Å². The third kappa shape index (κ3) is 2.79. The maximum atomic E-state index is 12.3. The zero-order valence-corrected chi connectivity index (χ0v) is 12.1. The number of aryl methyl sites for hydroxylation is 2. The van der Waals surface area contributed by atoms with Crippen molar-refractivity contribution in [3.8, 4) is 0 Å². The summed E-state index contributed by atoms with van der Waals surface area (Å²) in [5.41, 5.74) is 4.50. The number of para-hydroxylation sites is 1. The highest BCUT2D eigenvalue weighted by molar-refractivity contribution is 6.04. The molecule has 106 valence electrons. The fraction of sp³-hybridized carbons (Fsp3) is 0.176. The highest BCUT2D eigenvalue weighted by Crippen LogP contribution is 2.16. The molecule has 0 saturated heterocycles. The fourth-order valence-corrected chi connectivity index (χ4v) is 2.32. The van der Waals surface area contributed by atoms with E-state index in [9.17, 15) is 4.79 Å². The van der Waals surface area contributed by atoms with Crippen LogP contribution in [0, 0.1) is 13.8 Å². The number of aromatic amines is 1. The maximum Gasteiger partial charge on any atom is 0.253 e. The molecule has 0 spiro atoms. The van der Waals surface area contributed by atoms with E-state index in [4.69, 9.17) is 0 Å². The van der Waals surface area contributed by atoms with E-state index in [1.165, 1.54) is 5.56 Å². The monoisotopic (exact) mass is 279 g/mol. The molecular formula is C17H17N3O. The van der Waals surface area contributed by atoms with Crippen molar-refractivity contribution in [2.24, 2.45) is 0 Å². The Morgan fingerprint density at radius 2 is 1.90 bits per heavy atom. The first-order valence-electron chi connectivity index (χ1n) is 6.92. The minimum Gasteiger partial charge on any atom is -0.348 e. The van der Waals surface area contributed by atoms with Gasteiger partial charge in [-0.1, -0.05) is 35.9 Å². The van der Waals surface area contributed by atoms with Gasteiger partial charge in [-0.05, 0) is 31.5 Å². The van der Waals surface area contributed by atoms with Crippen molar-refractivity contribution in [2.45, 2.75) is 20.4 Å². The Morgan fingerprint density at radius 1 is 1.14 bits per heavy atom. The van der Waals surface area contributed by atoms with Gasteiger partial charge in [0.15, 0.2) is 0 Å². The maximum absolute atomic E-state index is 12.3. The van der Waals surface area contributed by atoms with Crippen LogP contribution in [0.5, 0.6) is 0 Å². The van der Waals surface area contributed by atoms with Crippen LogP contribution in [0.15, 0.2) is 42.5 Å². The van der Waals surface area contributed by atoms with Crippen LogP contribution in [-0.4, -0.2) is 15.9 Å². The first kappa shape index (κ1) is 13.4. The molecule has 0 radical (unpaired) electrons. The third-order valence-corrected chi connectivity index (χ3v) is 3.45. The van der Waals surface area contributed by atoms with Gasteiger partial charge in [-0.15, -0.1) is 0 Å². The van der Waals surface area contributed by atoms with Crippen LogP contribution >= 0.6 is 0 Å². The van der Waals surface area contributed by atoms with Gasteiger partial charge in [0.2, 0.25) is 0 Å². The van der Waals surface area contributed by atoms with Crippen molar-refractivity contribution < 1.29 is 4.79 Å². The highest BCUT2D eigenvalue weighted by atomic mass is 16.1. The molecule has 21 heavy (non-hydrogen) atoms. The zero-order chi connectivity index (χ0) is 14.8. The molecule has 2 aromatic carbocycles. The molecule has 1 aromatic heterocycles. The van der Waals surface area contributed by atoms with Gasteiger partial charge in [-0.25, -0.2) is 4.98 Å². The molecular weight excluding hydrogens is 262 g/mol. The third-order valence-electron chi connectivity index (χ3n) is 3.45. The molecule has 0 aliphatic heterocycles. The Kier molecular flexibility index (Phi) is 3.44. The summed E-state index contributed by atoms with van der Waals surface area (Å²) in [5.74, 6) is 0.705. The standard InChI is InChI=1S/C17H17N3O/c1-11-6-8-13(9-7-11)10-18-17(21)14-4-3-5-15-16(14)20-12(2)19-15/h3-9H,10H2,1-2H3,(H,18,21)(H,19,20). The number of hydrogen-bond donors (Lipinski definition) is 2. The van der Waals surface area contributed by atoms with Crippen molar-refractivity contribution in [2.75, 3.05) is 0 Å². The van der Waals surface area contributed by atoms with E-state index in [0.717, 1.165) is 22.4 Å². The van der Waals surface area contributed by atoms with Gasteiger partial charge in [0, 0.05) is 6.54 Å². The van der Waals surface area contributed by atoms with Gasteiger partial charge in [-0.2, -0.15) is 0 Å². The summed E-state index contributed by atoms with van der Waals surface area (Å²) in [5, 5.41) is 2.94. The van der Waals surface area contributed by atoms with E-state index >= 15 is 0 Å². The van der Waals surface area contributed by atoms with Crippen LogP contribution in [0.3, 0.4) is 0 Å². The molecule has 1 amide bonds. The summed E-state index contributed by atoms with van der Waals surface area (Å²) >= 11 is 0. The van der Waals surface area contributed by atoms with E-state index in [1.54, 1.807) is 6.07 Å². The van der Waals surface area contributed by atoms with E-state index < -0.39 is 0 Å². The topological polar surface area (TPSA) is 57.8 Å². The van der Waals surface area contributed by atoms with E-state index in [-0.39, 0.29) is 5.91 Å². The molecule has 0 fully saturated rings. The number of imidazole rings is 1. The average Bonchev–Trinajstić information content (AvgIpc) is 2.86. The number of hydrogen-bond acceptors (Lipinski definition) is 2. The Morgan fingerprint density at radius 3 is 2.67 bits per heavy atom. The van der Waals surface area contributed by atoms with Crippen LogP contribution in [-0.2, 0) is 6.54 Å².